The highest BCUT2D eigenvalue weighted by Crippen LogP contribution is 2.35. The Labute approximate surface area is 109 Å². The lowest BCUT2D eigenvalue weighted by molar-refractivity contribution is -0.120. The number of carbonyl (C=O) groups is 1. The molecular weight excluding hydrogens is 286 g/mol. The summed E-state index contributed by atoms with van der Waals surface area (Å²) in [6, 6.07) is 2.07. The van der Waals surface area contributed by atoms with Crippen LogP contribution in [0.3, 0.4) is 0 Å². The average Bonchev–Trinajstić information content (AvgIpc) is 2.76. The number of nitrogens with one attached hydrogen (secondary N) is 1. The summed E-state index contributed by atoms with van der Waals surface area (Å²) in [5.41, 5.74) is -0.0372. The van der Waals surface area contributed by atoms with Gasteiger partial charge in [0.15, 0.2) is 0 Å². The fourth-order valence-electron chi connectivity index (χ4n) is 2.25. The van der Waals surface area contributed by atoms with Crippen LogP contribution in [-0.4, -0.2) is 11.4 Å². The minimum absolute atomic E-state index is 0.0372. The SMILES string of the molecule is CC(C)C1(Cc2sccc2Br)CCC(=O)N1. The van der Waals surface area contributed by atoms with Crippen molar-refractivity contribution in [3.8, 4) is 0 Å². The van der Waals surface area contributed by atoms with Gasteiger partial charge in [0.2, 0.25) is 5.91 Å². The zero-order chi connectivity index (χ0) is 11.8. The van der Waals surface area contributed by atoms with Gasteiger partial charge in [-0.15, -0.1) is 11.3 Å². The first-order valence-electron chi connectivity index (χ1n) is 5.56. The summed E-state index contributed by atoms with van der Waals surface area (Å²) in [4.78, 5) is 12.8. The van der Waals surface area contributed by atoms with Crippen LogP contribution in [-0.2, 0) is 11.2 Å². The number of amides is 1. The maximum Gasteiger partial charge on any atom is 0.220 e. The second kappa shape index (κ2) is 4.49. The molecule has 2 rings (SSSR count). The molecule has 0 bridgehead atoms. The van der Waals surface area contributed by atoms with Crippen LogP contribution in [0.1, 0.15) is 31.6 Å². The molecule has 0 radical (unpaired) electrons. The first-order valence-corrected chi connectivity index (χ1v) is 7.24. The minimum Gasteiger partial charge on any atom is -0.350 e. The van der Waals surface area contributed by atoms with E-state index in [2.05, 4.69) is 46.5 Å². The van der Waals surface area contributed by atoms with Crippen LogP contribution in [0.4, 0.5) is 0 Å². The Morgan fingerprint density at radius 2 is 2.38 bits per heavy atom. The second-order valence-corrected chi connectivity index (χ2v) is 6.58. The van der Waals surface area contributed by atoms with Crippen molar-refractivity contribution in [3.05, 3.63) is 20.8 Å². The maximum atomic E-state index is 11.5. The quantitative estimate of drug-likeness (QED) is 0.911. The fraction of sp³-hybridized carbons (Fsp3) is 0.583. The summed E-state index contributed by atoms with van der Waals surface area (Å²) in [5, 5.41) is 5.27. The Balaban J connectivity index is 2.22. The third-order valence-electron chi connectivity index (χ3n) is 3.46. The molecule has 1 saturated heterocycles. The highest BCUT2D eigenvalue weighted by molar-refractivity contribution is 9.10. The van der Waals surface area contributed by atoms with E-state index >= 15 is 0 Å². The third-order valence-corrected chi connectivity index (χ3v) is 5.39. The largest absolute Gasteiger partial charge is 0.350 e. The number of carbonyl (C=O) groups excluding carboxylic acids is 1. The summed E-state index contributed by atoms with van der Waals surface area (Å²) >= 11 is 5.32. The minimum atomic E-state index is -0.0372. The number of hydrogen-bond acceptors (Lipinski definition) is 2. The molecule has 1 unspecified atom stereocenters. The number of halogens is 1. The first-order chi connectivity index (χ1) is 7.53. The van der Waals surface area contributed by atoms with E-state index in [-0.39, 0.29) is 11.4 Å². The van der Waals surface area contributed by atoms with E-state index in [0.717, 1.165) is 12.8 Å². The van der Waals surface area contributed by atoms with Crippen LogP contribution in [0.25, 0.3) is 0 Å². The van der Waals surface area contributed by atoms with E-state index in [0.29, 0.717) is 12.3 Å². The van der Waals surface area contributed by atoms with Crippen molar-refractivity contribution < 1.29 is 4.79 Å². The number of rotatable bonds is 3. The van der Waals surface area contributed by atoms with Gasteiger partial charge < -0.3 is 5.32 Å². The second-order valence-electron chi connectivity index (χ2n) is 4.73. The normalized spacial score (nSPS) is 25.1. The zero-order valence-corrected chi connectivity index (χ0v) is 12.0. The molecule has 2 nitrogen and oxygen atoms in total. The molecule has 1 aliphatic rings. The molecule has 1 fully saturated rings. The molecule has 1 aromatic rings. The molecule has 2 heterocycles. The van der Waals surface area contributed by atoms with E-state index in [1.165, 1.54) is 9.35 Å². The summed E-state index contributed by atoms with van der Waals surface area (Å²) in [7, 11) is 0. The van der Waals surface area contributed by atoms with Gasteiger partial charge in [0.05, 0.1) is 0 Å². The third kappa shape index (κ3) is 2.18. The lowest BCUT2D eigenvalue weighted by Gasteiger charge is -2.33. The number of thiophene rings is 1. The standard InChI is InChI=1S/C12H16BrNOS/c1-8(2)12(5-3-11(15)14-12)7-10-9(13)4-6-16-10/h4,6,8H,3,5,7H2,1-2H3,(H,14,15). The number of hydrogen-bond donors (Lipinski definition) is 1. The van der Waals surface area contributed by atoms with E-state index in [4.69, 9.17) is 0 Å². The Hall–Kier alpha value is -0.350. The summed E-state index contributed by atoms with van der Waals surface area (Å²) in [6.07, 6.45) is 2.56. The molecule has 1 atom stereocenters. The zero-order valence-electron chi connectivity index (χ0n) is 9.55. The van der Waals surface area contributed by atoms with Gasteiger partial charge in [-0.1, -0.05) is 13.8 Å². The molecule has 1 aliphatic heterocycles. The molecule has 0 saturated carbocycles. The average molecular weight is 302 g/mol. The molecule has 16 heavy (non-hydrogen) atoms. The van der Waals surface area contributed by atoms with Gasteiger partial charge in [0.25, 0.3) is 0 Å². The predicted octanol–water partition coefficient (Wildman–Crippen LogP) is 3.36. The maximum absolute atomic E-state index is 11.5. The van der Waals surface area contributed by atoms with Gasteiger partial charge in [-0.2, -0.15) is 0 Å². The van der Waals surface area contributed by atoms with Crippen LogP contribution in [0.2, 0.25) is 0 Å². The Kier molecular flexibility index (Phi) is 3.40. The topological polar surface area (TPSA) is 29.1 Å². The van der Waals surface area contributed by atoms with Crippen LogP contribution < -0.4 is 5.32 Å². The van der Waals surface area contributed by atoms with Crippen molar-refractivity contribution in [2.75, 3.05) is 0 Å². The lowest BCUT2D eigenvalue weighted by Crippen LogP contribution is -2.48. The van der Waals surface area contributed by atoms with E-state index in [1.54, 1.807) is 11.3 Å². The predicted molar refractivity (Wildman–Crippen MR) is 70.7 cm³/mol. The molecule has 4 heteroatoms. The lowest BCUT2D eigenvalue weighted by atomic mass is 9.81. The summed E-state index contributed by atoms with van der Waals surface area (Å²) in [6.45, 7) is 4.38. The summed E-state index contributed by atoms with van der Waals surface area (Å²) in [5.74, 6) is 0.661. The Morgan fingerprint density at radius 3 is 2.81 bits per heavy atom. The van der Waals surface area contributed by atoms with Crippen molar-refractivity contribution >= 4 is 33.2 Å². The van der Waals surface area contributed by atoms with Crippen molar-refractivity contribution in [2.45, 2.75) is 38.6 Å². The molecule has 1 amide bonds. The van der Waals surface area contributed by atoms with Gasteiger partial charge in [0.1, 0.15) is 0 Å². The van der Waals surface area contributed by atoms with Gasteiger partial charge >= 0.3 is 0 Å². The highest BCUT2D eigenvalue weighted by atomic mass is 79.9. The first kappa shape index (κ1) is 12.1. The molecule has 1 N–H and O–H groups in total. The molecule has 0 spiro atoms. The van der Waals surface area contributed by atoms with Crippen LogP contribution in [0.5, 0.6) is 0 Å². The van der Waals surface area contributed by atoms with Gasteiger partial charge in [-0.3, -0.25) is 4.79 Å². The van der Waals surface area contributed by atoms with Gasteiger partial charge in [-0.05, 0) is 39.7 Å². The summed E-state index contributed by atoms with van der Waals surface area (Å²) < 4.78 is 1.17. The van der Waals surface area contributed by atoms with E-state index in [9.17, 15) is 4.79 Å². The van der Waals surface area contributed by atoms with Crippen molar-refractivity contribution in [3.63, 3.8) is 0 Å². The molecule has 1 aromatic heterocycles. The van der Waals surface area contributed by atoms with Crippen LogP contribution in [0.15, 0.2) is 15.9 Å². The Bertz CT molecular complexity index is 401. The monoisotopic (exact) mass is 301 g/mol. The molecular formula is C12H16BrNOS. The molecule has 88 valence electrons. The fourth-order valence-corrected chi connectivity index (χ4v) is 3.86. The van der Waals surface area contributed by atoms with Crippen molar-refractivity contribution in [1.82, 2.24) is 5.32 Å². The van der Waals surface area contributed by atoms with Crippen molar-refractivity contribution in [1.29, 1.82) is 0 Å². The van der Waals surface area contributed by atoms with E-state index < -0.39 is 0 Å². The van der Waals surface area contributed by atoms with Crippen LogP contribution >= 0.6 is 27.3 Å². The van der Waals surface area contributed by atoms with Gasteiger partial charge in [-0.25, -0.2) is 0 Å². The molecule has 0 aromatic carbocycles. The highest BCUT2D eigenvalue weighted by Gasteiger charge is 2.40. The molecule has 0 aliphatic carbocycles. The van der Waals surface area contributed by atoms with E-state index in [1.807, 2.05) is 0 Å². The smallest absolute Gasteiger partial charge is 0.220 e. The van der Waals surface area contributed by atoms with Gasteiger partial charge in [0, 0.05) is 27.7 Å². The Morgan fingerprint density at radius 1 is 1.62 bits per heavy atom. The van der Waals surface area contributed by atoms with Crippen molar-refractivity contribution in [2.24, 2.45) is 5.92 Å². The van der Waals surface area contributed by atoms with Crippen LogP contribution in [0, 0.1) is 5.92 Å².